The van der Waals surface area contributed by atoms with Gasteiger partial charge in [-0.25, -0.2) is 4.39 Å². The number of hydrogen-bond donors (Lipinski definition) is 1. The number of carbonyl (C=O) groups is 1. The Morgan fingerprint density at radius 1 is 1.03 bits per heavy atom. The molecular weight excluding hydrogens is 367 g/mol. The predicted molar refractivity (Wildman–Crippen MR) is 109 cm³/mol. The van der Waals surface area contributed by atoms with Gasteiger partial charge in [-0.15, -0.1) is 0 Å². The molecule has 4 nitrogen and oxygen atoms in total. The van der Waals surface area contributed by atoms with E-state index in [0.717, 1.165) is 50.0 Å². The van der Waals surface area contributed by atoms with Crippen LogP contribution in [0.4, 0.5) is 4.39 Å². The molecule has 3 atom stereocenters. The van der Waals surface area contributed by atoms with Crippen molar-refractivity contribution in [3.63, 3.8) is 0 Å². The lowest BCUT2D eigenvalue weighted by molar-refractivity contribution is -0.150. The van der Waals surface area contributed by atoms with E-state index >= 15 is 0 Å². The van der Waals surface area contributed by atoms with Crippen molar-refractivity contribution >= 4 is 5.91 Å². The number of hydrogen-bond acceptors (Lipinski definition) is 3. The van der Waals surface area contributed by atoms with Crippen LogP contribution in [-0.4, -0.2) is 53.1 Å². The van der Waals surface area contributed by atoms with Crippen LogP contribution in [0.25, 0.3) is 0 Å². The third-order valence-electron chi connectivity index (χ3n) is 7.12. The van der Waals surface area contributed by atoms with Crippen molar-refractivity contribution in [2.75, 3.05) is 26.2 Å². The summed E-state index contributed by atoms with van der Waals surface area (Å²) in [7, 11) is 0. The zero-order valence-corrected chi connectivity index (χ0v) is 16.5. The van der Waals surface area contributed by atoms with E-state index in [1.165, 1.54) is 17.7 Å². The molecule has 0 spiro atoms. The summed E-state index contributed by atoms with van der Waals surface area (Å²) >= 11 is 0. The molecule has 152 valence electrons. The van der Waals surface area contributed by atoms with Gasteiger partial charge in [0.25, 0.3) is 5.91 Å². The van der Waals surface area contributed by atoms with Crippen LogP contribution in [0, 0.1) is 17.7 Å². The number of benzene rings is 2. The smallest absolute Gasteiger partial charge is 0.252 e. The van der Waals surface area contributed by atoms with Gasteiger partial charge in [0.1, 0.15) is 11.9 Å². The zero-order valence-electron chi connectivity index (χ0n) is 16.5. The van der Waals surface area contributed by atoms with Crippen LogP contribution in [0.2, 0.25) is 0 Å². The number of halogens is 1. The number of nitrogens with zero attached hydrogens (tertiary/aromatic N) is 2. The Bertz CT molecular complexity index is 892. The van der Waals surface area contributed by atoms with Gasteiger partial charge in [-0.05, 0) is 67.1 Å². The van der Waals surface area contributed by atoms with Crippen molar-refractivity contribution in [1.29, 1.82) is 0 Å². The highest BCUT2D eigenvalue weighted by Crippen LogP contribution is 2.39. The molecule has 1 amide bonds. The fourth-order valence-electron chi connectivity index (χ4n) is 5.53. The molecule has 0 aliphatic carbocycles. The highest BCUT2D eigenvalue weighted by Gasteiger charge is 2.43. The number of aliphatic hydroxyl groups is 1. The van der Waals surface area contributed by atoms with Crippen LogP contribution in [0.5, 0.6) is 0 Å². The molecule has 4 heterocycles. The lowest BCUT2D eigenvalue weighted by atomic mass is 9.75. The zero-order chi connectivity index (χ0) is 20.0. The Balaban J connectivity index is 1.47. The van der Waals surface area contributed by atoms with Crippen LogP contribution < -0.4 is 0 Å². The topological polar surface area (TPSA) is 43.8 Å². The highest BCUT2D eigenvalue weighted by atomic mass is 19.1. The maximum atomic E-state index is 13.5. The first-order chi connectivity index (χ1) is 14.1. The molecule has 3 fully saturated rings. The third kappa shape index (κ3) is 3.36. The Morgan fingerprint density at radius 2 is 1.76 bits per heavy atom. The van der Waals surface area contributed by atoms with Crippen molar-refractivity contribution in [2.45, 2.75) is 31.4 Å². The molecule has 6 rings (SSSR count). The van der Waals surface area contributed by atoms with Crippen LogP contribution in [0.15, 0.2) is 48.5 Å². The van der Waals surface area contributed by atoms with Crippen molar-refractivity contribution in [2.24, 2.45) is 11.8 Å². The van der Waals surface area contributed by atoms with Crippen LogP contribution in [0.3, 0.4) is 0 Å². The lowest BCUT2D eigenvalue weighted by Gasteiger charge is -2.47. The van der Waals surface area contributed by atoms with Gasteiger partial charge in [0.05, 0.1) is 6.04 Å². The summed E-state index contributed by atoms with van der Waals surface area (Å²) in [6.07, 6.45) is 1.93. The van der Waals surface area contributed by atoms with Gasteiger partial charge in [-0.2, -0.15) is 0 Å². The molecular formula is C24H27FN2O2. The summed E-state index contributed by atoms with van der Waals surface area (Å²) in [5.74, 6) is -0.0352. The number of fused-ring (bicyclic) bond motifs is 4. The van der Waals surface area contributed by atoms with E-state index in [1.54, 1.807) is 12.1 Å². The molecule has 0 aromatic heterocycles. The maximum Gasteiger partial charge on any atom is 0.252 e. The van der Waals surface area contributed by atoms with Crippen molar-refractivity contribution in [3.8, 4) is 0 Å². The van der Waals surface area contributed by atoms with E-state index in [4.69, 9.17) is 0 Å². The fraction of sp³-hybridized carbons (Fsp3) is 0.458. The molecule has 0 radical (unpaired) electrons. The van der Waals surface area contributed by atoms with Crippen LogP contribution >= 0.6 is 0 Å². The Labute approximate surface area is 170 Å². The molecule has 2 aromatic carbocycles. The van der Waals surface area contributed by atoms with Crippen molar-refractivity contribution < 1.29 is 14.3 Å². The number of rotatable bonds is 3. The quantitative estimate of drug-likeness (QED) is 0.870. The van der Waals surface area contributed by atoms with Gasteiger partial charge in [-0.1, -0.05) is 36.4 Å². The SMILES string of the molecule is O=C([C@H](O)C1CN2CCC1CC2)N1CCc2ccccc2[C@@H]1c1ccc(F)cc1. The summed E-state index contributed by atoms with van der Waals surface area (Å²) in [5.41, 5.74) is 3.16. The van der Waals surface area contributed by atoms with E-state index in [9.17, 15) is 14.3 Å². The molecule has 2 aromatic rings. The van der Waals surface area contributed by atoms with Crippen molar-refractivity contribution in [3.05, 3.63) is 71.0 Å². The average Bonchev–Trinajstić information content (AvgIpc) is 2.78. The van der Waals surface area contributed by atoms with Gasteiger partial charge in [0.2, 0.25) is 0 Å². The second-order valence-corrected chi connectivity index (χ2v) is 8.68. The Morgan fingerprint density at radius 3 is 2.45 bits per heavy atom. The summed E-state index contributed by atoms with van der Waals surface area (Å²) in [4.78, 5) is 17.7. The normalized spacial score (nSPS) is 29.4. The minimum Gasteiger partial charge on any atom is -0.383 e. The fourth-order valence-corrected chi connectivity index (χ4v) is 5.53. The van der Waals surface area contributed by atoms with Crippen LogP contribution in [0.1, 0.15) is 35.6 Å². The third-order valence-corrected chi connectivity index (χ3v) is 7.12. The monoisotopic (exact) mass is 394 g/mol. The first-order valence-corrected chi connectivity index (χ1v) is 10.7. The number of aliphatic hydroxyl groups excluding tert-OH is 1. The van der Waals surface area contributed by atoms with E-state index in [1.807, 2.05) is 23.1 Å². The van der Waals surface area contributed by atoms with Crippen molar-refractivity contribution in [1.82, 2.24) is 9.80 Å². The molecule has 4 aliphatic heterocycles. The largest absolute Gasteiger partial charge is 0.383 e. The predicted octanol–water partition coefficient (Wildman–Crippen LogP) is 3.00. The lowest BCUT2D eigenvalue weighted by Crippen LogP contribution is -2.56. The average molecular weight is 394 g/mol. The summed E-state index contributed by atoms with van der Waals surface area (Å²) in [5, 5.41) is 11.1. The molecule has 4 aliphatic rings. The minimum absolute atomic E-state index is 0.0102. The van der Waals surface area contributed by atoms with Crippen LogP contribution in [-0.2, 0) is 11.2 Å². The number of piperidine rings is 3. The molecule has 1 unspecified atom stereocenters. The summed E-state index contributed by atoms with van der Waals surface area (Å²) < 4.78 is 13.5. The summed E-state index contributed by atoms with van der Waals surface area (Å²) in [6, 6.07) is 14.2. The standard InChI is InChI=1S/C24H27FN2O2/c25-19-7-5-18(6-8-19)22-20-4-2-1-3-16(20)11-14-27(22)24(29)23(28)21-15-26-12-9-17(21)10-13-26/h1-8,17,21-23,28H,9-15H2/t21?,22-,23+/m0/s1. The Kier molecular flexibility index (Phi) is 4.88. The first kappa shape index (κ1) is 18.8. The molecule has 2 bridgehead atoms. The number of amides is 1. The van der Waals surface area contributed by atoms with Gasteiger partial charge in [0.15, 0.2) is 0 Å². The number of carbonyl (C=O) groups excluding carboxylic acids is 1. The van der Waals surface area contributed by atoms with Gasteiger partial charge in [-0.3, -0.25) is 4.79 Å². The van der Waals surface area contributed by atoms with E-state index < -0.39 is 6.10 Å². The van der Waals surface area contributed by atoms with Gasteiger partial charge < -0.3 is 14.9 Å². The molecule has 1 N–H and O–H groups in total. The van der Waals surface area contributed by atoms with Gasteiger partial charge >= 0.3 is 0 Å². The van der Waals surface area contributed by atoms with E-state index in [-0.39, 0.29) is 23.7 Å². The second-order valence-electron chi connectivity index (χ2n) is 8.68. The second kappa shape index (κ2) is 7.54. The maximum absolute atomic E-state index is 13.5. The van der Waals surface area contributed by atoms with E-state index in [2.05, 4.69) is 11.0 Å². The molecule has 5 heteroatoms. The summed E-state index contributed by atoms with van der Waals surface area (Å²) in [6.45, 7) is 3.54. The molecule has 0 saturated carbocycles. The molecule has 29 heavy (non-hydrogen) atoms. The van der Waals surface area contributed by atoms with E-state index in [0.29, 0.717) is 12.5 Å². The highest BCUT2D eigenvalue weighted by molar-refractivity contribution is 5.82. The Hall–Kier alpha value is -2.24. The molecule has 3 saturated heterocycles. The first-order valence-electron chi connectivity index (χ1n) is 10.7. The minimum atomic E-state index is -0.976. The van der Waals surface area contributed by atoms with Gasteiger partial charge in [0, 0.05) is 19.0 Å².